The molecule has 0 spiro atoms. The summed E-state index contributed by atoms with van der Waals surface area (Å²) in [6, 6.07) is 12.5. The van der Waals surface area contributed by atoms with E-state index in [1.165, 1.54) is 7.11 Å². The first-order valence-corrected chi connectivity index (χ1v) is 5.02. The molecule has 0 unspecified atom stereocenters. The highest BCUT2D eigenvalue weighted by Gasteiger charge is 2.07. The first-order valence-electron chi connectivity index (χ1n) is 5.02. The highest BCUT2D eigenvalue weighted by molar-refractivity contribution is 5.89. The Kier molecular flexibility index (Phi) is 2.93. The Morgan fingerprint density at radius 3 is 2.88 bits per heavy atom. The van der Waals surface area contributed by atoms with Crippen LogP contribution >= 0.6 is 0 Å². The Labute approximate surface area is 98.7 Å². The lowest BCUT2D eigenvalue weighted by Gasteiger charge is -2.06. The summed E-state index contributed by atoms with van der Waals surface area (Å²) < 4.78 is 6.37. The highest BCUT2D eigenvalue weighted by Crippen LogP contribution is 2.14. The highest BCUT2D eigenvalue weighted by atomic mass is 16.5. The van der Waals surface area contributed by atoms with Gasteiger partial charge in [0.1, 0.15) is 11.8 Å². The summed E-state index contributed by atoms with van der Waals surface area (Å²) in [4.78, 5) is 11.4. The van der Waals surface area contributed by atoms with Crippen LogP contribution in [0.2, 0.25) is 0 Å². The minimum absolute atomic E-state index is 0.391. The molecule has 0 aliphatic heterocycles. The lowest BCUT2D eigenvalue weighted by molar-refractivity contribution is 0.0600. The number of hydrogen-bond acceptors (Lipinski definition) is 3. The Morgan fingerprint density at radius 2 is 2.18 bits per heavy atom. The minimum Gasteiger partial charge on any atom is -0.465 e. The van der Waals surface area contributed by atoms with Crippen molar-refractivity contribution in [3.8, 4) is 11.8 Å². The molecule has 0 saturated carbocycles. The number of carbonyl (C=O) groups is 1. The first-order chi connectivity index (χ1) is 8.26. The lowest BCUT2D eigenvalue weighted by Crippen LogP contribution is -2.03. The van der Waals surface area contributed by atoms with Crippen LogP contribution in [0.1, 0.15) is 16.1 Å². The Hall–Kier alpha value is -2.54. The van der Waals surface area contributed by atoms with Gasteiger partial charge in [-0.2, -0.15) is 5.26 Å². The number of benzene rings is 1. The van der Waals surface area contributed by atoms with E-state index in [0.29, 0.717) is 11.3 Å². The minimum atomic E-state index is -0.391. The summed E-state index contributed by atoms with van der Waals surface area (Å²) >= 11 is 0. The molecule has 1 aromatic carbocycles. The van der Waals surface area contributed by atoms with Crippen molar-refractivity contribution in [1.82, 2.24) is 4.57 Å². The second-order valence-electron chi connectivity index (χ2n) is 3.42. The van der Waals surface area contributed by atoms with Crippen LogP contribution in [0, 0.1) is 11.3 Å². The zero-order valence-electron chi connectivity index (χ0n) is 9.25. The number of nitrogens with zero attached hydrogens (tertiary/aromatic N) is 2. The molecule has 2 rings (SSSR count). The van der Waals surface area contributed by atoms with Crippen LogP contribution in [0.3, 0.4) is 0 Å². The number of hydrogen-bond donors (Lipinski definition) is 0. The second kappa shape index (κ2) is 4.54. The number of carbonyl (C=O) groups excluding carboxylic acids is 1. The van der Waals surface area contributed by atoms with E-state index in [1.54, 1.807) is 41.1 Å². The number of rotatable bonds is 2. The van der Waals surface area contributed by atoms with Crippen LogP contribution in [0.4, 0.5) is 0 Å². The molecular weight excluding hydrogens is 216 g/mol. The molecule has 1 aromatic heterocycles. The standard InChI is InChI=1S/C13H10N2O2/c1-17-13(16)10-4-2-5-11(8-10)15-7-3-6-12(15)9-14/h2-8H,1H3. The maximum absolute atomic E-state index is 11.4. The SMILES string of the molecule is COC(=O)c1cccc(-n2cccc2C#N)c1. The molecule has 0 saturated heterocycles. The number of esters is 1. The fraction of sp³-hybridized carbons (Fsp3) is 0.0769. The molecule has 0 N–H and O–H groups in total. The smallest absolute Gasteiger partial charge is 0.337 e. The van der Waals surface area contributed by atoms with Gasteiger partial charge in [-0.05, 0) is 30.3 Å². The van der Waals surface area contributed by atoms with Gasteiger partial charge in [0.2, 0.25) is 0 Å². The van der Waals surface area contributed by atoms with Crippen molar-refractivity contribution in [3.63, 3.8) is 0 Å². The van der Waals surface area contributed by atoms with Crippen LogP contribution in [-0.4, -0.2) is 17.6 Å². The molecule has 84 valence electrons. The summed E-state index contributed by atoms with van der Waals surface area (Å²) in [5.74, 6) is -0.391. The molecule has 17 heavy (non-hydrogen) atoms. The Balaban J connectivity index is 2.47. The molecule has 4 heteroatoms. The average Bonchev–Trinajstić information content (AvgIpc) is 2.86. The predicted octanol–water partition coefficient (Wildman–Crippen LogP) is 2.14. The van der Waals surface area contributed by atoms with Gasteiger partial charge in [-0.3, -0.25) is 0 Å². The van der Waals surface area contributed by atoms with E-state index in [4.69, 9.17) is 5.26 Å². The zero-order chi connectivity index (χ0) is 12.3. The van der Waals surface area contributed by atoms with Crippen LogP contribution in [0.15, 0.2) is 42.6 Å². The van der Waals surface area contributed by atoms with Crippen molar-refractivity contribution in [2.45, 2.75) is 0 Å². The molecule has 0 atom stereocenters. The molecule has 4 nitrogen and oxygen atoms in total. The predicted molar refractivity (Wildman–Crippen MR) is 61.8 cm³/mol. The molecule has 0 aliphatic carbocycles. The summed E-state index contributed by atoms with van der Waals surface area (Å²) in [5, 5.41) is 8.93. The van der Waals surface area contributed by atoms with Crippen LogP contribution in [0.5, 0.6) is 0 Å². The summed E-state index contributed by atoms with van der Waals surface area (Å²) in [5.41, 5.74) is 1.74. The average molecular weight is 226 g/mol. The topological polar surface area (TPSA) is 55.0 Å². The largest absolute Gasteiger partial charge is 0.465 e. The van der Waals surface area contributed by atoms with Crippen LogP contribution in [-0.2, 0) is 4.74 Å². The van der Waals surface area contributed by atoms with E-state index < -0.39 is 5.97 Å². The first kappa shape index (κ1) is 11.0. The van der Waals surface area contributed by atoms with E-state index in [-0.39, 0.29) is 0 Å². The normalized spacial score (nSPS) is 9.65. The summed E-state index contributed by atoms with van der Waals surface area (Å²) in [6.45, 7) is 0. The van der Waals surface area contributed by atoms with Crippen molar-refractivity contribution >= 4 is 5.97 Å². The molecule has 0 aliphatic rings. The number of methoxy groups -OCH3 is 1. The van der Waals surface area contributed by atoms with Gasteiger partial charge in [-0.1, -0.05) is 6.07 Å². The maximum atomic E-state index is 11.4. The van der Waals surface area contributed by atoms with Gasteiger partial charge < -0.3 is 9.30 Å². The van der Waals surface area contributed by atoms with E-state index >= 15 is 0 Å². The van der Waals surface area contributed by atoms with Crippen molar-refractivity contribution in [2.75, 3.05) is 7.11 Å². The third kappa shape index (κ3) is 2.04. The number of ether oxygens (including phenoxy) is 1. The van der Waals surface area contributed by atoms with E-state index in [2.05, 4.69) is 10.8 Å². The van der Waals surface area contributed by atoms with Crippen molar-refractivity contribution in [1.29, 1.82) is 5.26 Å². The fourth-order valence-corrected chi connectivity index (χ4v) is 1.60. The van der Waals surface area contributed by atoms with Gasteiger partial charge in [0.25, 0.3) is 0 Å². The van der Waals surface area contributed by atoms with Gasteiger partial charge in [0, 0.05) is 11.9 Å². The number of nitriles is 1. The van der Waals surface area contributed by atoms with E-state index in [9.17, 15) is 4.79 Å². The Bertz CT molecular complexity index is 593. The van der Waals surface area contributed by atoms with Crippen molar-refractivity contribution in [2.24, 2.45) is 0 Å². The molecule has 2 aromatic rings. The van der Waals surface area contributed by atoms with Crippen molar-refractivity contribution in [3.05, 3.63) is 53.9 Å². The van der Waals surface area contributed by atoms with Gasteiger partial charge in [0.15, 0.2) is 0 Å². The molecule has 0 amide bonds. The Morgan fingerprint density at radius 1 is 1.35 bits per heavy atom. The summed E-state index contributed by atoms with van der Waals surface area (Å²) in [7, 11) is 1.34. The third-order valence-corrected chi connectivity index (χ3v) is 2.41. The fourth-order valence-electron chi connectivity index (χ4n) is 1.60. The van der Waals surface area contributed by atoms with Gasteiger partial charge in [-0.25, -0.2) is 4.79 Å². The molecule has 1 heterocycles. The zero-order valence-corrected chi connectivity index (χ0v) is 9.25. The molecule has 0 bridgehead atoms. The lowest BCUT2D eigenvalue weighted by atomic mass is 10.2. The van der Waals surface area contributed by atoms with Crippen LogP contribution < -0.4 is 0 Å². The maximum Gasteiger partial charge on any atom is 0.337 e. The third-order valence-electron chi connectivity index (χ3n) is 2.41. The van der Waals surface area contributed by atoms with Gasteiger partial charge in [-0.15, -0.1) is 0 Å². The van der Waals surface area contributed by atoms with E-state index in [0.717, 1.165) is 5.69 Å². The summed E-state index contributed by atoms with van der Waals surface area (Å²) in [6.07, 6.45) is 1.77. The monoisotopic (exact) mass is 226 g/mol. The van der Waals surface area contributed by atoms with Gasteiger partial charge >= 0.3 is 5.97 Å². The molecule has 0 fully saturated rings. The van der Waals surface area contributed by atoms with Gasteiger partial charge in [0.05, 0.1) is 12.7 Å². The number of aromatic nitrogens is 1. The van der Waals surface area contributed by atoms with E-state index in [1.807, 2.05) is 6.07 Å². The van der Waals surface area contributed by atoms with Crippen LogP contribution in [0.25, 0.3) is 5.69 Å². The molecular formula is C13H10N2O2. The molecule has 0 radical (unpaired) electrons. The second-order valence-corrected chi connectivity index (χ2v) is 3.42. The quantitative estimate of drug-likeness (QED) is 0.737. The van der Waals surface area contributed by atoms with Crippen molar-refractivity contribution < 1.29 is 9.53 Å².